The number of aliphatic hydroxyl groups is 1. The molecule has 7 heteroatoms. The molecule has 0 bridgehead atoms. The fourth-order valence-electron chi connectivity index (χ4n) is 2.51. The first-order valence-corrected chi connectivity index (χ1v) is 6.68. The van der Waals surface area contributed by atoms with Crippen molar-refractivity contribution >= 4 is 23.1 Å². The van der Waals surface area contributed by atoms with Crippen LogP contribution in [0.1, 0.15) is 25.7 Å². The summed E-state index contributed by atoms with van der Waals surface area (Å²) in [4.78, 5) is 16.7. The fraction of sp³-hybridized carbons (Fsp3) is 0.583. The van der Waals surface area contributed by atoms with Crippen LogP contribution in [-0.4, -0.2) is 34.2 Å². The van der Waals surface area contributed by atoms with E-state index in [1.54, 1.807) is 0 Å². The summed E-state index contributed by atoms with van der Waals surface area (Å²) >= 11 is 5.77. The molecule has 1 N–H and O–H groups in total. The summed E-state index contributed by atoms with van der Waals surface area (Å²) in [6.45, 7) is 0.794. The quantitative estimate of drug-likeness (QED) is 0.679. The van der Waals surface area contributed by atoms with Crippen LogP contribution in [0.15, 0.2) is 12.3 Å². The topological polar surface area (TPSA) is 79.5 Å². The lowest BCUT2D eigenvalue weighted by Crippen LogP contribution is -2.41. The molecule has 0 amide bonds. The Labute approximate surface area is 116 Å². The SMILES string of the molecule is O=[N+]([O-])c1cc(Cl)cnc1N1CCCCC1CCO. The molecule has 6 nitrogen and oxygen atoms in total. The van der Waals surface area contributed by atoms with E-state index in [9.17, 15) is 10.1 Å². The van der Waals surface area contributed by atoms with Crippen molar-refractivity contribution in [1.82, 2.24) is 4.98 Å². The van der Waals surface area contributed by atoms with Gasteiger partial charge in [-0.3, -0.25) is 10.1 Å². The van der Waals surface area contributed by atoms with Crippen LogP contribution >= 0.6 is 11.6 Å². The molecule has 0 radical (unpaired) electrons. The minimum absolute atomic E-state index is 0.0719. The van der Waals surface area contributed by atoms with Crippen LogP contribution in [0.5, 0.6) is 0 Å². The van der Waals surface area contributed by atoms with Gasteiger partial charge in [-0.25, -0.2) is 4.98 Å². The first-order chi connectivity index (χ1) is 9.13. The van der Waals surface area contributed by atoms with Crippen molar-refractivity contribution in [3.05, 3.63) is 27.4 Å². The van der Waals surface area contributed by atoms with Crippen molar-refractivity contribution in [3.63, 3.8) is 0 Å². The van der Waals surface area contributed by atoms with Crippen molar-refractivity contribution < 1.29 is 10.0 Å². The molecular weight excluding hydrogens is 270 g/mol. The van der Waals surface area contributed by atoms with Gasteiger partial charge in [0.2, 0.25) is 5.82 Å². The second kappa shape index (κ2) is 6.16. The van der Waals surface area contributed by atoms with Crippen LogP contribution in [0.2, 0.25) is 5.02 Å². The number of pyridine rings is 1. The lowest BCUT2D eigenvalue weighted by Gasteiger charge is -2.36. The summed E-state index contributed by atoms with van der Waals surface area (Å²) in [5.41, 5.74) is -0.0719. The van der Waals surface area contributed by atoms with Gasteiger partial charge in [-0.05, 0) is 25.7 Å². The van der Waals surface area contributed by atoms with Gasteiger partial charge in [-0.1, -0.05) is 11.6 Å². The van der Waals surface area contributed by atoms with Gasteiger partial charge >= 0.3 is 5.69 Å². The summed E-state index contributed by atoms with van der Waals surface area (Å²) < 4.78 is 0. The van der Waals surface area contributed by atoms with Crippen molar-refractivity contribution in [2.24, 2.45) is 0 Å². The zero-order valence-electron chi connectivity index (χ0n) is 10.5. The van der Waals surface area contributed by atoms with Crippen LogP contribution in [0.25, 0.3) is 0 Å². The highest BCUT2D eigenvalue weighted by molar-refractivity contribution is 6.30. The number of nitrogens with zero attached hydrogens (tertiary/aromatic N) is 3. The summed E-state index contributed by atoms with van der Waals surface area (Å²) in [7, 11) is 0. The van der Waals surface area contributed by atoms with E-state index in [0.717, 1.165) is 25.8 Å². The summed E-state index contributed by atoms with van der Waals surface area (Å²) in [5.74, 6) is 0.354. The first-order valence-electron chi connectivity index (χ1n) is 6.31. The fourth-order valence-corrected chi connectivity index (χ4v) is 2.66. The zero-order valence-corrected chi connectivity index (χ0v) is 11.2. The number of hydrogen-bond acceptors (Lipinski definition) is 5. The third-order valence-corrected chi connectivity index (χ3v) is 3.58. The van der Waals surface area contributed by atoms with Gasteiger partial charge in [0.15, 0.2) is 0 Å². The van der Waals surface area contributed by atoms with Crippen molar-refractivity contribution in [1.29, 1.82) is 0 Å². The normalized spacial score (nSPS) is 19.5. The molecule has 1 aromatic rings. The highest BCUT2D eigenvalue weighted by Crippen LogP contribution is 2.33. The summed E-state index contributed by atoms with van der Waals surface area (Å²) in [6, 6.07) is 1.43. The van der Waals surface area contributed by atoms with Crippen LogP contribution in [-0.2, 0) is 0 Å². The average molecular weight is 286 g/mol. The largest absolute Gasteiger partial charge is 0.396 e. The maximum atomic E-state index is 11.1. The van der Waals surface area contributed by atoms with Crippen LogP contribution in [0.3, 0.4) is 0 Å². The smallest absolute Gasteiger partial charge is 0.313 e. The van der Waals surface area contributed by atoms with Gasteiger partial charge in [0.05, 0.1) is 9.95 Å². The predicted octanol–water partition coefficient (Wildman–Crippen LogP) is 2.38. The number of anilines is 1. The second-order valence-electron chi connectivity index (χ2n) is 4.61. The Hall–Kier alpha value is -1.40. The number of aliphatic hydroxyl groups excluding tert-OH is 1. The Morgan fingerprint density at radius 3 is 3.05 bits per heavy atom. The summed E-state index contributed by atoms with van der Waals surface area (Å²) in [6.07, 6.45) is 4.99. The van der Waals surface area contributed by atoms with Gasteiger partial charge in [0.1, 0.15) is 0 Å². The van der Waals surface area contributed by atoms with E-state index in [2.05, 4.69) is 4.98 Å². The number of nitro groups is 1. The van der Waals surface area contributed by atoms with Gasteiger partial charge in [0.25, 0.3) is 0 Å². The molecule has 0 aliphatic carbocycles. The standard InChI is InChI=1S/C12H16ClN3O3/c13-9-7-11(16(18)19)12(14-8-9)15-5-2-1-3-10(15)4-6-17/h7-8,10,17H,1-6H2. The highest BCUT2D eigenvalue weighted by Gasteiger charge is 2.29. The van der Waals surface area contributed by atoms with Gasteiger partial charge in [0, 0.05) is 31.5 Å². The molecular formula is C12H16ClN3O3. The molecule has 2 heterocycles. The first kappa shape index (κ1) is 14.0. The lowest BCUT2D eigenvalue weighted by atomic mass is 9.99. The molecule has 1 aromatic heterocycles. The molecule has 0 spiro atoms. The third-order valence-electron chi connectivity index (χ3n) is 3.37. The Morgan fingerprint density at radius 2 is 2.37 bits per heavy atom. The molecule has 104 valence electrons. The number of aromatic nitrogens is 1. The van der Waals surface area contributed by atoms with Crippen LogP contribution < -0.4 is 4.90 Å². The predicted molar refractivity (Wildman–Crippen MR) is 72.6 cm³/mol. The van der Waals surface area contributed by atoms with E-state index < -0.39 is 4.92 Å². The van der Waals surface area contributed by atoms with E-state index in [-0.39, 0.29) is 23.4 Å². The molecule has 2 rings (SSSR count). The summed E-state index contributed by atoms with van der Waals surface area (Å²) in [5, 5.41) is 20.5. The molecule has 1 saturated heterocycles. The molecule has 19 heavy (non-hydrogen) atoms. The monoisotopic (exact) mass is 285 g/mol. The molecule has 1 aliphatic rings. The maximum absolute atomic E-state index is 11.1. The minimum atomic E-state index is -0.459. The molecule has 1 fully saturated rings. The van der Waals surface area contributed by atoms with Crippen molar-refractivity contribution in [2.45, 2.75) is 31.7 Å². The molecule has 0 saturated carbocycles. The van der Waals surface area contributed by atoms with E-state index in [4.69, 9.17) is 16.7 Å². The van der Waals surface area contributed by atoms with Crippen molar-refractivity contribution in [2.75, 3.05) is 18.1 Å². The Morgan fingerprint density at radius 1 is 1.58 bits per heavy atom. The van der Waals surface area contributed by atoms with E-state index in [1.807, 2.05) is 4.90 Å². The molecule has 1 unspecified atom stereocenters. The van der Waals surface area contributed by atoms with Gasteiger partial charge < -0.3 is 10.0 Å². The van der Waals surface area contributed by atoms with Gasteiger partial charge in [-0.15, -0.1) is 0 Å². The van der Waals surface area contributed by atoms with Crippen LogP contribution in [0, 0.1) is 10.1 Å². The highest BCUT2D eigenvalue weighted by atomic mass is 35.5. The maximum Gasteiger partial charge on any atom is 0.313 e. The van der Waals surface area contributed by atoms with E-state index in [1.165, 1.54) is 12.3 Å². The van der Waals surface area contributed by atoms with Gasteiger partial charge in [-0.2, -0.15) is 0 Å². The molecule has 0 aromatic carbocycles. The number of rotatable bonds is 4. The number of hydrogen-bond donors (Lipinski definition) is 1. The third kappa shape index (κ3) is 3.13. The van der Waals surface area contributed by atoms with Crippen molar-refractivity contribution in [3.8, 4) is 0 Å². The van der Waals surface area contributed by atoms with E-state index in [0.29, 0.717) is 12.2 Å². The number of halogens is 1. The Bertz CT molecular complexity index is 468. The van der Waals surface area contributed by atoms with E-state index >= 15 is 0 Å². The number of piperidine rings is 1. The Kier molecular flexibility index (Phi) is 4.55. The van der Waals surface area contributed by atoms with Crippen LogP contribution in [0.4, 0.5) is 11.5 Å². The lowest BCUT2D eigenvalue weighted by molar-refractivity contribution is -0.384. The average Bonchev–Trinajstić information content (AvgIpc) is 2.40. The minimum Gasteiger partial charge on any atom is -0.396 e. The second-order valence-corrected chi connectivity index (χ2v) is 5.05. The Balaban J connectivity index is 2.35. The molecule has 1 atom stereocenters. The molecule has 1 aliphatic heterocycles. The zero-order chi connectivity index (χ0) is 13.8.